The molecule has 6 heteroatoms. The minimum Gasteiger partial charge on any atom is -0.494 e. The van der Waals surface area contributed by atoms with E-state index in [0.29, 0.717) is 28.5 Å². The summed E-state index contributed by atoms with van der Waals surface area (Å²) >= 11 is 0. The number of aromatic nitrogens is 4. The van der Waals surface area contributed by atoms with Crippen molar-refractivity contribution >= 4 is 17.0 Å². The van der Waals surface area contributed by atoms with Crippen molar-refractivity contribution in [3.8, 4) is 28.4 Å². The number of fused-ring (bicyclic) bond motifs is 1. The lowest BCUT2D eigenvalue weighted by Gasteiger charge is -2.12. The van der Waals surface area contributed by atoms with E-state index in [-0.39, 0.29) is 5.82 Å². The Hall–Kier alpha value is -3.67. The van der Waals surface area contributed by atoms with Gasteiger partial charge in [0.15, 0.2) is 5.82 Å². The van der Waals surface area contributed by atoms with Crippen molar-refractivity contribution in [2.75, 3.05) is 7.11 Å². The fourth-order valence-corrected chi connectivity index (χ4v) is 2.90. The van der Waals surface area contributed by atoms with Gasteiger partial charge in [-0.05, 0) is 53.6 Å². The Morgan fingerprint density at radius 2 is 1.93 bits per heavy atom. The summed E-state index contributed by atoms with van der Waals surface area (Å²) < 4.78 is 19.2. The van der Waals surface area contributed by atoms with Crippen LogP contribution in [0.2, 0.25) is 0 Å². The highest BCUT2D eigenvalue weighted by atomic mass is 19.1. The Kier molecular flexibility index (Phi) is 4.30. The van der Waals surface area contributed by atoms with Crippen LogP contribution in [0.25, 0.3) is 39.6 Å². The number of halogens is 1. The van der Waals surface area contributed by atoms with Crippen LogP contribution in [0.3, 0.4) is 0 Å². The summed E-state index contributed by atoms with van der Waals surface area (Å²) in [5.74, 6) is 0.689. The number of methoxy groups -OCH3 is 1. The van der Waals surface area contributed by atoms with Crippen molar-refractivity contribution < 1.29 is 9.13 Å². The maximum absolute atomic E-state index is 13.7. The summed E-state index contributed by atoms with van der Waals surface area (Å²) in [4.78, 5) is 9.17. The van der Waals surface area contributed by atoms with E-state index < -0.39 is 0 Å². The van der Waals surface area contributed by atoms with Crippen LogP contribution in [0.1, 0.15) is 5.69 Å². The largest absolute Gasteiger partial charge is 0.494 e. The Morgan fingerprint density at radius 3 is 2.63 bits per heavy atom. The Morgan fingerprint density at radius 1 is 1.04 bits per heavy atom. The molecule has 4 rings (SSSR count). The van der Waals surface area contributed by atoms with E-state index in [1.54, 1.807) is 37.6 Å². The molecule has 0 N–H and O–H groups in total. The highest BCUT2D eigenvalue weighted by molar-refractivity contribution is 5.95. The van der Waals surface area contributed by atoms with Crippen molar-refractivity contribution in [3.63, 3.8) is 0 Å². The molecule has 27 heavy (non-hydrogen) atoms. The average molecular weight is 358 g/mol. The van der Waals surface area contributed by atoms with E-state index in [4.69, 9.17) is 4.74 Å². The molecular weight excluding hydrogens is 343 g/mol. The normalized spacial score (nSPS) is 10.7. The van der Waals surface area contributed by atoms with Gasteiger partial charge in [-0.2, -0.15) is 5.10 Å². The first-order chi connectivity index (χ1) is 13.2. The predicted molar refractivity (Wildman–Crippen MR) is 103 cm³/mol. The molecule has 0 aliphatic heterocycles. The molecule has 0 radical (unpaired) electrons. The van der Waals surface area contributed by atoms with Crippen LogP contribution in [0.15, 0.2) is 61.3 Å². The monoisotopic (exact) mass is 358 g/mol. The van der Waals surface area contributed by atoms with Crippen LogP contribution in [0.4, 0.5) is 4.39 Å². The van der Waals surface area contributed by atoms with Crippen LogP contribution in [-0.2, 0) is 0 Å². The van der Waals surface area contributed by atoms with Crippen molar-refractivity contribution in [3.05, 3.63) is 72.8 Å². The molecule has 0 aliphatic rings. The summed E-state index contributed by atoms with van der Waals surface area (Å²) in [6.07, 6.45) is 3.24. The van der Waals surface area contributed by atoms with E-state index in [1.165, 1.54) is 12.1 Å². The molecule has 132 valence electrons. The van der Waals surface area contributed by atoms with Crippen molar-refractivity contribution in [2.45, 2.75) is 0 Å². The van der Waals surface area contributed by atoms with Gasteiger partial charge in [0.05, 0.1) is 12.8 Å². The van der Waals surface area contributed by atoms with Gasteiger partial charge in [-0.25, -0.2) is 14.4 Å². The zero-order valence-corrected chi connectivity index (χ0v) is 14.6. The molecule has 0 spiro atoms. The van der Waals surface area contributed by atoms with Gasteiger partial charge in [0.25, 0.3) is 0 Å². The van der Waals surface area contributed by atoms with Crippen LogP contribution in [0, 0.1) is 5.82 Å². The predicted octanol–water partition coefficient (Wildman–Crippen LogP) is 4.54. The Bertz CT molecular complexity index is 1150. The van der Waals surface area contributed by atoms with Gasteiger partial charge in [-0.3, -0.25) is 0 Å². The van der Waals surface area contributed by atoms with Crippen LogP contribution in [0.5, 0.6) is 5.75 Å². The molecule has 0 unspecified atom stereocenters. The lowest BCUT2D eigenvalue weighted by atomic mass is 10.0. The van der Waals surface area contributed by atoms with E-state index in [9.17, 15) is 4.39 Å². The number of ether oxygens (including phenoxy) is 1. The summed E-state index contributed by atoms with van der Waals surface area (Å²) in [5, 5.41) is 8.71. The van der Waals surface area contributed by atoms with Gasteiger partial charge in [0, 0.05) is 11.6 Å². The zero-order chi connectivity index (χ0) is 18.8. The van der Waals surface area contributed by atoms with E-state index in [0.717, 1.165) is 16.5 Å². The summed E-state index contributed by atoms with van der Waals surface area (Å²) in [6, 6.07) is 13.7. The maximum Gasteiger partial charge on any atom is 0.181 e. The minimum absolute atomic E-state index is 0.301. The first kappa shape index (κ1) is 16.8. The second-order valence-electron chi connectivity index (χ2n) is 5.83. The molecule has 2 aromatic carbocycles. The molecule has 0 fully saturated rings. The van der Waals surface area contributed by atoms with Gasteiger partial charge in [0.1, 0.15) is 22.8 Å². The molecule has 2 aromatic heterocycles. The number of rotatable bonds is 4. The first-order valence-electron chi connectivity index (χ1n) is 8.26. The number of hydrogen-bond acceptors (Lipinski definition) is 5. The SMILES string of the molecule is C=Cc1nc(-c2cccnn2)nc2c(OC)cc(-c3cccc(F)c3)cc12. The molecule has 0 atom stereocenters. The van der Waals surface area contributed by atoms with Crippen molar-refractivity contribution in [1.29, 1.82) is 0 Å². The van der Waals surface area contributed by atoms with Crippen molar-refractivity contribution in [1.82, 2.24) is 20.2 Å². The number of benzene rings is 2. The zero-order valence-electron chi connectivity index (χ0n) is 14.6. The van der Waals surface area contributed by atoms with Crippen LogP contribution in [-0.4, -0.2) is 27.3 Å². The lowest BCUT2D eigenvalue weighted by Crippen LogP contribution is -1.99. The average Bonchev–Trinajstić information content (AvgIpc) is 2.72. The highest BCUT2D eigenvalue weighted by Gasteiger charge is 2.15. The smallest absolute Gasteiger partial charge is 0.181 e. The molecule has 0 saturated heterocycles. The fraction of sp³-hybridized carbons (Fsp3) is 0.0476. The quantitative estimate of drug-likeness (QED) is 0.536. The number of nitrogens with zero attached hydrogens (tertiary/aromatic N) is 4. The van der Waals surface area contributed by atoms with Crippen LogP contribution >= 0.6 is 0 Å². The summed E-state index contributed by atoms with van der Waals surface area (Å²) in [6.45, 7) is 3.86. The third-order valence-corrected chi connectivity index (χ3v) is 4.17. The molecular formula is C21H15FN4O. The topological polar surface area (TPSA) is 60.8 Å². The molecule has 0 saturated carbocycles. The molecule has 2 heterocycles. The van der Waals surface area contributed by atoms with E-state index in [1.807, 2.05) is 18.2 Å². The third kappa shape index (κ3) is 3.13. The minimum atomic E-state index is -0.301. The fourth-order valence-electron chi connectivity index (χ4n) is 2.90. The van der Waals surface area contributed by atoms with Gasteiger partial charge >= 0.3 is 0 Å². The second-order valence-corrected chi connectivity index (χ2v) is 5.83. The van der Waals surface area contributed by atoms with Gasteiger partial charge in [0.2, 0.25) is 0 Å². The lowest BCUT2D eigenvalue weighted by molar-refractivity contribution is 0.419. The van der Waals surface area contributed by atoms with E-state index in [2.05, 4.69) is 26.7 Å². The molecule has 5 nitrogen and oxygen atoms in total. The maximum atomic E-state index is 13.7. The standard InChI is InChI=1S/C21H15FN4O/c1-3-17-16-11-14(13-6-4-7-15(22)10-13)12-19(27-2)20(16)25-21(24-17)18-8-5-9-23-26-18/h3-12H,1H2,2H3. The second kappa shape index (κ2) is 6.92. The highest BCUT2D eigenvalue weighted by Crippen LogP contribution is 2.34. The first-order valence-corrected chi connectivity index (χ1v) is 8.26. The number of hydrogen-bond donors (Lipinski definition) is 0. The Balaban J connectivity index is 1.99. The summed E-state index contributed by atoms with van der Waals surface area (Å²) in [5.41, 5.74) is 3.36. The molecule has 0 aliphatic carbocycles. The Labute approximate surface area is 155 Å². The van der Waals surface area contributed by atoms with Gasteiger partial charge in [-0.1, -0.05) is 18.7 Å². The van der Waals surface area contributed by atoms with Crippen molar-refractivity contribution in [2.24, 2.45) is 0 Å². The van der Waals surface area contributed by atoms with Crippen LogP contribution < -0.4 is 4.74 Å². The third-order valence-electron chi connectivity index (χ3n) is 4.17. The summed E-state index contributed by atoms with van der Waals surface area (Å²) in [7, 11) is 1.57. The van der Waals surface area contributed by atoms with Gasteiger partial charge in [-0.15, -0.1) is 5.10 Å². The van der Waals surface area contributed by atoms with Gasteiger partial charge < -0.3 is 4.74 Å². The molecule has 0 amide bonds. The molecule has 0 bridgehead atoms. The van der Waals surface area contributed by atoms with E-state index >= 15 is 0 Å². The molecule has 4 aromatic rings.